The van der Waals surface area contributed by atoms with Crippen molar-refractivity contribution < 1.29 is 0 Å². The molecule has 11 heavy (non-hydrogen) atoms. The minimum Gasteiger partial charge on any atom is -0.311 e. The van der Waals surface area contributed by atoms with Crippen LogP contribution in [0.3, 0.4) is 0 Å². The van der Waals surface area contributed by atoms with Crippen molar-refractivity contribution >= 4 is 23.4 Å². The summed E-state index contributed by atoms with van der Waals surface area (Å²) in [6.45, 7) is 5.45. The summed E-state index contributed by atoms with van der Waals surface area (Å²) in [6, 6.07) is 0. The smallest absolute Gasteiger partial charge is 0.0240 e. The van der Waals surface area contributed by atoms with Gasteiger partial charge < -0.3 is 5.32 Å². The maximum atomic E-state index is 5.65. The van der Waals surface area contributed by atoms with Crippen molar-refractivity contribution in [1.29, 1.82) is 0 Å². The number of thioether (sulfide) groups is 1. The van der Waals surface area contributed by atoms with Gasteiger partial charge in [0.25, 0.3) is 0 Å². The summed E-state index contributed by atoms with van der Waals surface area (Å²) in [5, 5.41) is 3.46. The molecular formula is C8H18ClNS. The Labute approximate surface area is 79.3 Å². The van der Waals surface area contributed by atoms with Crippen LogP contribution in [-0.2, 0) is 0 Å². The molecule has 0 amide bonds. The quantitative estimate of drug-likeness (QED) is 0.516. The lowest BCUT2D eigenvalue weighted by molar-refractivity contribution is 0.390. The summed E-state index contributed by atoms with van der Waals surface area (Å²) in [4.78, 5) is 0. The fourth-order valence-electron chi connectivity index (χ4n) is 0.816. The van der Waals surface area contributed by atoms with Gasteiger partial charge in [0.05, 0.1) is 0 Å². The second kappa shape index (κ2) is 6.15. The van der Waals surface area contributed by atoms with E-state index in [4.69, 9.17) is 11.6 Å². The van der Waals surface area contributed by atoms with Gasteiger partial charge >= 0.3 is 0 Å². The average Bonchev–Trinajstić information content (AvgIpc) is 1.87. The van der Waals surface area contributed by atoms with E-state index >= 15 is 0 Å². The third-order valence-corrected chi connectivity index (χ3v) is 2.43. The van der Waals surface area contributed by atoms with E-state index in [2.05, 4.69) is 25.4 Å². The molecule has 0 spiro atoms. The average molecular weight is 196 g/mol. The van der Waals surface area contributed by atoms with Crippen LogP contribution in [0.5, 0.6) is 0 Å². The lowest BCUT2D eigenvalue weighted by Gasteiger charge is -2.25. The SMILES string of the molecule is CSCCNC(C)(C)CCCl. The summed E-state index contributed by atoms with van der Waals surface area (Å²) < 4.78 is 0. The second-order valence-electron chi connectivity index (χ2n) is 3.24. The van der Waals surface area contributed by atoms with Crippen LogP contribution in [0.1, 0.15) is 20.3 Å². The molecule has 0 aromatic heterocycles. The molecule has 0 radical (unpaired) electrons. The van der Waals surface area contributed by atoms with E-state index < -0.39 is 0 Å². The topological polar surface area (TPSA) is 12.0 Å². The summed E-state index contributed by atoms with van der Waals surface area (Å²) in [5.41, 5.74) is 0.206. The summed E-state index contributed by atoms with van der Waals surface area (Å²) >= 11 is 7.52. The Morgan fingerprint density at radius 2 is 2.09 bits per heavy atom. The van der Waals surface area contributed by atoms with Crippen molar-refractivity contribution in [3.63, 3.8) is 0 Å². The fourth-order valence-corrected chi connectivity index (χ4v) is 1.59. The second-order valence-corrected chi connectivity index (χ2v) is 4.61. The number of hydrogen-bond acceptors (Lipinski definition) is 2. The molecule has 1 N–H and O–H groups in total. The van der Waals surface area contributed by atoms with Crippen molar-refractivity contribution in [3.8, 4) is 0 Å². The Kier molecular flexibility index (Phi) is 6.49. The molecule has 1 nitrogen and oxygen atoms in total. The molecule has 0 aliphatic rings. The van der Waals surface area contributed by atoms with Crippen molar-refractivity contribution in [1.82, 2.24) is 5.32 Å². The van der Waals surface area contributed by atoms with Gasteiger partial charge in [0.15, 0.2) is 0 Å². The van der Waals surface area contributed by atoms with Gasteiger partial charge in [-0.3, -0.25) is 0 Å². The third-order valence-electron chi connectivity index (χ3n) is 1.63. The zero-order chi connectivity index (χ0) is 8.74. The van der Waals surface area contributed by atoms with Crippen molar-refractivity contribution in [2.45, 2.75) is 25.8 Å². The van der Waals surface area contributed by atoms with Gasteiger partial charge in [0.2, 0.25) is 0 Å². The first-order chi connectivity index (χ1) is 5.12. The van der Waals surface area contributed by atoms with Crippen LogP contribution >= 0.6 is 23.4 Å². The van der Waals surface area contributed by atoms with Crippen molar-refractivity contribution in [2.75, 3.05) is 24.4 Å². The van der Waals surface area contributed by atoms with Crippen LogP contribution in [-0.4, -0.2) is 30.0 Å². The van der Waals surface area contributed by atoms with E-state index in [0.717, 1.165) is 18.8 Å². The van der Waals surface area contributed by atoms with Crippen LogP contribution in [0.25, 0.3) is 0 Å². The first kappa shape index (κ1) is 11.6. The number of halogens is 1. The van der Waals surface area contributed by atoms with E-state index in [-0.39, 0.29) is 5.54 Å². The molecule has 3 heteroatoms. The van der Waals surface area contributed by atoms with Crippen LogP contribution in [0.2, 0.25) is 0 Å². The molecule has 68 valence electrons. The molecule has 0 unspecified atom stereocenters. The standard InChI is InChI=1S/C8H18ClNS/c1-8(2,4-5-9)10-6-7-11-3/h10H,4-7H2,1-3H3. The first-order valence-electron chi connectivity index (χ1n) is 3.92. The van der Waals surface area contributed by atoms with Gasteiger partial charge in [-0.1, -0.05) is 0 Å². The number of rotatable bonds is 6. The largest absolute Gasteiger partial charge is 0.311 e. The highest BCUT2D eigenvalue weighted by Crippen LogP contribution is 2.08. The van der Waals surface area contributed by atoms with Crippen LogP contribution in [0.15, 0.2) is 0 Å². The molecular weight excluding hydrogens is 178 g/mol. The highest BCUT2D eigenvalue weighted by molar-refractivity contribution is 7.98. The third kappa shape index (κ3) is 6.98. The van der Waals surface area contributed by atoms with Crippen LogP contribution < -0.4 is 5.32 Å². The molecule has 0 aromatic rings. The lowest BCUT2D eigenvalue weighted by Crippen LogP contribution is -2.40. The Morgan fingerprint density at radius 3 is 2.55 bits per heavy atom. The van der Waals surface area contributed by atoms with E-state index in [9.17, 15) is 0 Å². The molecule has 0 heterocycles. The summed E-state index contributed by atoms with van der Waals surface area (Å²) in [6.07, 6.45) is 3.15. The molecule has 0 rings (SSSR count). The predicted molar refractivity (Wildman–Crippen MR) is 55.8 cm³/mol. The van der Waals surface area contributed by atoms with Gasteiger partial charge in [-0.05, 0) is 26.5 Å². The molecule has 0 saturated carbocycles. The highest BCUT2D eigenvalue weighted by atomic mass is 35.5. The molecule has 0 aliphatic carbocycles. The summed E-state index contributed by atoms with van der Waals surface area (Å²) in [7, 11) is 0. The van der Waals surface area contributed by atoms with E-state index in [0.29, 0.717) is 0 Å². The van der Waals surface area contributed by atoms with Gasteiger partial charge in [-0.25, -0.2) is 0 Å². The number of alkyl halides is 1. The van der Waals surface area contributed by atoms with Crippen molar-refractivity contribution in [2.24, 2.45) is 0 Å². The Balaban J connectivity index is 3.38. The van der Waals surface area contributed by atoms with E-state index in [1.54, 1.807) is 0 Å². The summed E-state index contributed by atoms with van der Waals surface area (Å²) in [5.74, 6) is 1.91. The van der Waals surface area contributed by atoms with E-state index in [1.165, 1.54) is 5.75 Å². The predicted octanol–water partition coefficient (Wildman–Crippen LogP) is 2.35. The zero-order valence-electron chi connectivity index (χ0n) is 7.61. The molecule has 0 aliphatic heterocycles. The minimum atomic E-state index is 0.206. The highest BCUT2D eigenvalue weighted by Gasteiger charge is 2.14. The maximum Gasteiger partial charge on any atom is 0.0240 e. The normalized spacial score (nSPS) is 12.0. The van der Waals surface area contributed by atoms with Crippen LogP contribution in [0.4, 0.5) is 0 Å². The fraction of sp³-hybridized carbons (Fsp3) is 1.00. The minimum absolute atomic E-state index is 0.206. The van der Waals surface area contributed by atoms with Gasteiger partial charge in [0.1, 0.15) is 0 Å². The zero-order valence-corrected chi connectivity index (χ0v) is 9.19. The maximum absolute atomic E-state index is 5.65. The van der Waals surface area contributed by atoms with Crippen LogP contribution in [0, 0.1) is 0 Å². The molecule has 0 atom stereocenters. The Bertz CT molecular complexity index is 96.1. The number of nitrogens with one attached hydrogen (secondary N) is 1. The van der Waals surface area contributed by atoms with E-state index in [1.807, 2.05) is 11.8 Å². The van der Waals surface area contributed by atoms with Crippen molar-refractivity contribution in [3.05, 3.63) is 0 Å². The van der Waals surface area contributed by atoms with Gasteiger partial charge in [-0.2, -0.15) is 11.8 Å². The molecule has 0 aromatic carbocycles. The van der Waals surface area contributed by atoms with Gasteiger partial charge in [0, 0.05) is 23.7 Å². The first-order valence-corrected chi connectivity index (χ1v) is 5.85. The molecule has 0 saturated heterocycles. The Morgan fingerprint density at radius 1 is 1.45 bits per heavy atom. The monoisotopic (exact) mass is 195 g/mol. The number of hydrogen-bond donors (Lipinski definition) is 1. The van der Waals surface area contributed by atoms with Gasteiger partial charge in [-0.15, -0.1) is 11.6 Å². The lowest BCUT2D eigenvalue weighted by atomic mass is 10.0. The molecule has 0 bridgehead atoms. The molecule has 0 fully saturated rings. The Hall–Kier alpha value is 0.600.